The zero-order chi connectivity index (χ0) is 22.6. The van der Waals surface area contributed by atoms with Gasteiger partial charge in [0.05, 0.1) is 10.6 Å². The van der Waals surface area contributed by atoms with Gasteiger partial charge in [-0.05, 0) is 60.9 Å². The minimum atomic E-state index is -3.93. The van der Waals surface area contributed by atoms with E-state index in [0.29, 0.717) is 17.3 Å². The number of hydrogen-bond donors (Lipinski definition) is 0. The molecule has 0 unspecified atom stereocenters. The predicted octanol–water partition coefficient (Wildman–Crippen LogP) is 4.81. The van der Waals surface area contributed by atoms with Gasteiger partial charge in [-0.25, -0.2) is 8.42 Å². The molecular weight excluding hydrogens is 432 g/mol. The van der Waals surface area contributed by atoms with E-state index >= 15 is 0 Å². The minimum absolute atomic E-state index is 0.143. The lowest BCUT2D eigenvalue weighted by atomic mass is 10.1. The van der Waals surface area contributed by atoms with E-state index in [1.54, 1.807) is 43.4 Å². The van der Waals surface area contributed by atoms with Crippen molar-refractivity contribution in [2.45, 2.75) is 25.3 Å². The number of aryl methyl sites for hydroxylation is 2. The van der Waals surface area contributed by atoms with E-state index in [2.05, 4.69) is 0 Å². The van der Waals surface area contributed by atoms with Gasteiger partial charge in [-0.15, -0.1) is 0 Å². The van der Waals surface area contributed by atoms with Gasteiger partial charge in [-0.2, -0.15) is 0 Å². The fourth-order valence-electron chi connectivity index (χ4n) is 3.20. The first-order valence-electron chi connectivity index (χ1n) is 9.82. The number of anilines is 1. The first-order chi connectivity index (χ1) is 14.7. The molecule has 0 aliphatic rings. The molecule has 0 heterocycles. The van der Waals surface area contributed by atoms with Gasteiger partial charge in [-0.3, -0.25) is 9.10 Å². The van der Waals surface area contributed by atoms with E-state index in [0.717, 1.165) is 16.7 Å². The van der Waals surface area contributed by atoms with Crippen molar-refractivity contribution in [3.63, 3.8) is 0 Å². The minimum Gasteiger partial charge on any atom is -0.340 e. The normalized spacial score (nSPS) is 11.2. The molecule has 0 spiro atoms. The molecule has 162 valence electrons. The largest absolute Gasteiger partial charge is 0.340 e. The lowest BCUT2D eigenvalue weighted by Gasteiger charge is -2.28. The second-order valence-electron chi connectivity index (χ2n) is 7.49. The van der Waals surface area contributed by atoms with Gasteiger partial charge in [0.1, 0.15) is 6.54 Å². The summed E-state index contributed by atoms with van der Waals surface area (Å²) in [5.41, 5.74) is 3.09. The Hall–Kier alpha value is -2.83. The summed E-state index contributed by atoms with van der Waals surface area (Å²) >= 11 is 5.93. The Balaban J connectivity index is 1.94. The summed E-state index contributed by atoms with van der Waals surface area (Å²) in [5.74, 6) is -0.310. The highest BCUT2D eigenvalue weighted by Gasteiger charge is 2.29. The number of carbonyl (C=O) groups is 1. The maximum absolute atomic E-state index is 13.5. The molecule has 0 aromatic heterocycles. The second kappa shape index (κ2) is 9.54. The van der Waals surface area contributed by atoms with Gasteiger partial charge in [0.25, 0.3) is 10.0 Å². The zero-order valence-electron chi connectivity index (χ0n) is 17.7. The molecule has 1 amide bonds. The molecule has 5 nitrogen and oxygen atoms in total. The molecule has 0 aliphatic heterocycles. The highest BCUT2D eigenvalue weighted by Crippen LogP contribution is 2.28. The van der Waals surface area contributed by atoms with Crippen LogP contribution in [0.5, 0.6) is 0 Å². The first-order valence-corrected chi connectivity index (χ1v) is 11.6. The molecule has 0 aliphatic carbocycles. The Morgan fingerprint density at radius 3 is 2.23 bits per heavy atom. The maximum Gasteiger partial charge on any atom is 0.264 e. The average Bonchev–Trinajstić information content (AvgIpc) is 2.75. The molecule has 3 aromatic carbocycles. The summed E-state index contributed by atoms with van der Waals surface area (Å²) in [7, 11) is -2.27. The highest BCUT2D eigenvalue weighted by atomic mass is 35.5. The monoisotopic (exact) mass is 456 g/mol. The number of sulfonamides is 1. The number of carbonyl (C=O) groups excluding carboxylic acids is 1. The van der Waals surface area contributed by atoms with E-state index in [1.165, 1.54) is 21.3 Å². The lowest BCUT2D eigenvalue weighted by Crippen LogP contribution is -2.41. The molecular formula is C24H25ClN2O3S. The van der Waals surface area contributed by atoms with Gasteiger partial charge in [0.15, 0.2) is 0 Å². The fourth-order valence-corrected chi connectivity index (χ4v) is 4.82. The van der Waals surface area contributed by atoms with Crippen LogP contribution in [-0.2, 0) is 21.4 Å². The summed E-state index contributed by atoms with van der Waals surface area (Å²) in [6.45, 7) is 3.78. The van der Waals surface area contributed by atoms with E-state index in [9.17, 15) is 13.2 Å². The standard InChI is InChI=1S/C24H25ClN2O3S/c1-18-9-10-19(2)23(15-18)27(31(29,30)22-7-5-4-6-8-22)17-24(28)26(3)16-20-11-13-21(25)14-12-20/h4-15H,16-17H2,1-3H3. The maximum atomic E-state index is 13.5. The van der Waals surface area contributed by atoms with Crippen LogP contribution in [0.2, 0.25) is 5.02 Å². The van der Waals surface area contributed by atoms with Crippen LogP contribution in [-0.4, -0.2) is 32.8 Å². The van der Waals surface area contributed by atoms with Crippen molar-refractivity contribution >= 4 is 33.2 Å². The Kier molecular flexibility index (Phi) is 7.03. The summed E-state index contributed by atoms with van der Waals surface area (Å²) < 4.78 is 28.2. The number of halogens is 1. The van der Waals surface area contributed by atoms with Crippen molar-refractivity contribution in [2.75, 3.05) is 17.9 Å². The van der Waals surface area contributed by atoms with Gasteiger partial charge in [0, 0.05) is 18.6 Å². The van der Waals surface area contributed by atoms with Crippen LogP contribution >= 0.6 is 11.6 Å². The lowest BCUT2D eigenvalue weighted by molar-refractivity contribution is -0.128. The molecule has 0 N–H and O–H groups in total. The third kappa shape index (κ3) is 5.46. The molecule has 7 heteroatoms. The van der Waals surface area contributed by atoms with Crippen LogP contribution in [0.4, 0.5) is 5.69 Å². The molecule has 0 saturated carbocycles. The number of hydrogen-bond acceptors (Lipinski definition) is 3. The molecule has 0 radical (unpaired) electrons. The molecule has 0 fully saturated rings. The Bertz CT molecular complexity index is 1160. The van der Waals surface area contributed by atoms with Crippen LogP contribution in [0.3, 0.4) is 0 Å². The highest BCUT2D eigenvalue weighted by molar-refractivity contribution is 7.92. The quantitative estimate of drug-likeness (QED) is 0.512. The first kappa shape index (κ1) is 22.8. The van der Waals surface area contributed by atoms with E-state index < -0.39 is 10.0 Å². The molecule has 31 heavy (non-hydrogen) atoms. The number of likely N-dealkylation sites (N-methyl/N-ethyl adjacent to an activating group) is 1. The van der Waals surface area contributed by atoms with Crippen molar-refractivity contribution in [3.05, 3.63) is 94.5 Å². The predicted molar refractivity (Wildman–Crippen MR) is 125 cm³/mol. The topological polar surface area (TPSA) is 57.7 Å². The molecule has 0 atom stereocenters. The van der Waals surface area contributed by atoms with Crippen LogP contribution < -0.4 is 4.31 Å². The van der Waals surface area contributed by atoms with Crippen molar-refractivity contribution in [1.29, 1.82) is 0 Å². The van der Waals surface area contributed by atoms with Crippen LogP contribution in [0, 0.1) is 13.8 Å². The molecule has 0 bridgehead atoms. The Morgan fingerprint density at radius 1 is 0.935 bits per heavy atom. The number of amides is 1. The SMILES string of the molecule is Cc1ccc(C)c(N(CC(=O)N(C)Cc2ccc(Cl)cc2)S(=O)(=O)c2ccccc2)c1. The molecule has 3 aromatic rings. The van der Waals surface area contributed by atoms with Crippen LogP contribution in [0.15, 0.2) is 77.7 Å². The number of nitrogens with zero attached hydrogens (tertiary/aromatic N) is 2. The Labute approximate surface area is 188 Å². The van der Waals surface area contributed by atoms with Gasteiger partial charge < -0.3 is 4.90 Å². The van der Waals surface area contributed by atoms with Gasteiger partial charge >= 0.3 is 0 Å². The summed E-state index contributed by atoms with van der Waals surface area (Å²) in [5, 5.41) is 0.618. The average molecular weight is 457 g/mol. The molecule has 0 saturated heterocycles. The van der Waals surface area contributed by atoms with Crippen molar-refractivity contribution in [3.8, 4) is 0 Å². The van der Waals surface area contributed by atoms with E-state index in [1.807, 2.05) is 38.1 Å². The zero-order valence-corrected chi connectivity index (χ0v) is 19.3. The summed E-state index contributed by atoms with van der Waals surface area (Å²) in [4.78, 5) is 14.7. The summed E-state index contributed by atoms with van der Waals surface area (Å²) in [6, 6.07) is 20.9. The van der Waals surface area contributed by atoms with E-state index in [-0.39, 0.29) is 17.3 Å². The van der Waals surface area contributed by atoms with Crippen LogP contribution in [0.1, 0.15) is 16.7 Å². The van der Waals surface area contributed by atoms with Crippen LogP contribution in [0.25, 0.3) is 0 Å². The number of rotatable bonds is 7. The van der Waals surface area contributed by atoms with Crippen molar-refractivity contribution in [1.82, 2.24) is 4.90 Å². The third-order valence-electron chi connectivity index (χ3n) is 5.00. The van der Waals surface area contributed by atoms with Crippen molar-refractivity contribution in [2.24, 2.45) is 0 Å². The molecule has 3 rings (SSSR count). The van der Waals surface area contributed by atoms with Crippen molar-refractivity contribution < 1.29 is 13.2 Å². The van der Waals surface area contributed by atoms with Gasteiger partial charge in [0.2, 0.25) is 5.91 Å². The fraction of sp³-hybridized carbons (Fsp3) is 0.208. The summed E-state index contributed by atoms with van der Waals surface area (Å²) in [6.07, 6.45) is 0. The smallest absolute Gasteiger partial charge is 0.264 e. The van der Waals surface area contributed by atoms with E-state index in [4.69, 9.17) is 11.6 Å². The van der Waals surface area contributed by atoms with Gasteiger partial charge in [-0.1, -0.05) is 54.1 Å². The number of benzene rings is 3. The second-order valence-corrected chi connectivity index (χ2v) is 9.79. The Morgan fingerprint density at radius 2 is 1.58 bits per heavy atom. The third-order valence-corrected chi connectivity index (χ3v) is 7.03.